The molecule has 0 radical (unpaired) electrons. The van der Waals surface area contributed by atoms with Gasteiger partial charge in [-0.1, -0.05) is 29.8 Å². The number of hydrogen-bond donors (Lipinski definition) is 1. The average molecular weight is 261 g/mol. The maximum atomic E-state index is 13.2. The fourth-order valence-electron chi connectivity index (χ4n) is 2.24. The molecule has 1 atom stereocenters. The van der Waals surface area contributed by atoms with Crippen molar-refractivity contribution in [1.29, 1.82) is 0 Å². The molecular weight excluding hydrogens is 244 g/mol. The van der Waals surface area contributed by atoms with Crippen LogP contribution < -0.4 is 5.73 Å². The van der Waals surface area contributed by atoms with E-state index in [0.29, 0.717) is 12.0 Å². The molecule has 19 heavy (non-hydrogen) atoms. The molecule has 2 aromatic carbocycles. The minimum Gasteiger partial charge on any atom is -0.321 e. The highest BCUT2D eigenvalue weighted by Gasteiger charge is 2.22. The fraction of sp³-hybridized carbons (Fsp3) is 0.250. The van der Waals surface area contributed by atoms with E-state index in [2.05, 4.69) is 0 Å². The van der Waals surface area contributed by atoms with Crippen LogP contribution in [0.25, 0.3) is 0 Å². The van der Waals surface area contributed by atoms with Crippen LogP contribution in [0.15, 0.2) is 42.5 Å². The molecule has 0 amide bonds. The highest BCUT2D eigenvalue weighted by atomic mass is 19.1. The third kappa shape index (κ3) is 3.38. The van der Waals surface area contributed by atoms with Crippen molar-refractivity contribution in [2.45, 2.75) is 25.8 Å². The van der Waals surface area contributed by atoms with Gasteiger partial charge in [0.1, 0.15) is 11.6 Å². The van der Waals surface area contributed by atoms with Crippen molar-refractivity contribution in [3.05, 3.63) is 70.8 Å². The van der Waals surface area contributed by atoms with Crippen LogP contribution in [0.3, 0.4) is 0 Å². The lowest BCUT2D eigenvalue weighted by atomic mass is 9.86. The molecule has 3 heteroatoms. The minimum atomic E-state index is -0.660. The SMILES string of the molecule is Cc1cccc(C(C)(N)Cc2cc(F)cc(F)c2)c1. The summed E-state index contributed by atoms with van der Waals surface area (Å²) >= 11 is 0. The van der Waals surface area contributed by atoms with Gasteiger partial charge in [0.25, 0.3) is 0 Å². The first kappa shape index (κ1) is 13.7. The van der Waals surface area contributed by atoms with Crippen molar-refractivity contribution >= 4 is 0 Å². The zero-order valence-corrected chi connectivity index (χ0v) is 11.1. The summed E-state index contributed by atoms with van der Waals surface area (Å²) in [7, 11) is 0. The van der Waals surface area contributed by atoms with E-state index in [1.165, 1.54) is 12.1 Å². The van der Waals surface area contributed by atoms with Gasteiger partial charge in [-0.2, -0.15) is 0 Å². The zero-order valence-electron chi connectivity index (χ0n) is 11.1. The van der Waals surface area contributed by atoms with E-state index < -0.39 is 17.2 Å². The Hall–Kier alpha value is -1.74. The van der Waals surface area contributed by atoms with Crippen molar-refractivity contribution < 1.29 is 8.78 Å². The Kier molecular flexibility index (Phi) is 3.67. The fourth-order valence-corrected chi connectivity index (χ4v) is 2.24. The summed E-state index contributed by atoms with van der Waals surface area (Å²) in [6.07, 6.45) is 0.380. The first-order chi connectivity index (χ1) is 8.87. The lowest BCUT2D eigenvalue weighted by Crippen LogP contribution is -2.35. The van der Waals surface area contributed by atoms with E-state index in [1.807, 2.05) is 38.1 Å². The third-order valence-electron chi connectivity index (χ3n) is 3.17. The van der Waals surface area contributed by atoms with Gasteiger partial charge in [0.15, 0.2) is 0 Å². The number of nitrogens with two attached hydrogens (primary N) is 1. The predicted molar refractivity (Wildman–Crippen MR) is 72.8 cm³/mol. The van der Waals surface area contributed by atoms with Crippen molar-refractivity contribution in [3.8, 4) is 0 Å². The van der Waals surface area contributed by atoms with E-state index in [9.17, 15) is 8.78 Å². The van der Waals surface area contributed by atoms with Crippen molar-refractivity contribution in [2.75, 3.05) is 0 Å². The average Bonchev–Trinajstić information content (AvgIpc) is 2.26. The van der Waals surface area contributed by atoms with E-state index in [0.717, 1.165) is 17.2 Å². The molecule has 2 aromatic rings. The quantitative estimate of drug-likeness (QED) is 0.896. The van der Waals surface area contributed by atoms with Gasteiger partial charge in [0.05, 0.1) is 0 Å². The Bertz CT molecular complexity index is 571. The molecule has 2 rings (SSSR count). The summed E-state index contributed by atoms with van der Waals surface area (Å²) in [5.74, 6) is -1.15. The molecule has 0 saturated heterocycles. The van der Waals surface area contributed by atoms with Crippen LogP contribution in [0.5, 0.6) is 0 Å². The molecule has 1 nitrogen and oxygen atoms in total. The Morgan fingerprint density at radius 2 is 1.68 bits per heavy atom. The number of benzene rings is 2. The zero-order chi connectivity index (χ0) is 14.0. The summed E-state index contributed by atoms with van der Waals surface area (Å²) in [6.45, 7) is 3.85. The van der Waals surface area contributed by atoms with Crippen LogP contribution in [-0.2, 0) is 12.0 Å². The first-order valence-electron chi connectivity index (χ1n) is 6.18. The highest BCUT2D eigenvalue weighted by molar-refractivity contribution is 5.31. The summed E-state index contributed by atoms with van der Waals surface area (Å²) < 4.78 is 26.4. The molecule has 0 aliphatic heterocycles. The van der Waals surface area contributed by atoms with Crippen LogP contribution in [0.1, 0.15) is 23.6 Å². The first-order valence-corrected chi connectivity index (χ1v) is 6.18. The van der Waals surface area contributed by atoms with E-state index >= 15 is 0 Å². The van der Waals surface area contributed by atoms with Crippen LogP contribution in [0.2, 0.25) is 0 Å². The van der Waals surface area contributed by atoms with Crippen LogP contribution in [0, 0.1) is 18.6 Å². The summed E-state index contributed by atoms with van der Waals surface area (Å²) in [6, 6.07) is 11.4. The van der Waals surface area contributed by atoms with Crippen LogP contribution in [0.4, 0.5) is 8.78 Å². The van der Waals surface area contributed by atoms with Gasteiger partial charge in [0, 0.05) is 11.6 Å². The largest absolute Gasteiger partial charge is 0.321 e. The number of hydrogen-bond acceptors (Lipinski definition) is 1. The summed E-state index contributed by atoms with van der Waals surface area (Å²) in [4.78, 5) is 0. The number of rotatable bonds is 3. The van der Waals surface area contributed by atoms with E-state index in [4.69, 9.17) is 5.73 Å². The summed E-state index contributed by atoms with van der Waals surface area (Å²) in [5, 5.41) is 0. The monoisotopic (exact) mass is 261 g/mol. The third-order valence-corrected chi connectivity index (χ3v) is 3.17. The standard InChI is InChI=1S/C16H17F2N/c1-11-4-3-5-13(6-11)16(2,19)10-12-7-14(17)9-15(18)8-12/h3-9H,10,19H2,1-2H3. The van der Waals surface area contributed by atoms with Crippen molar-refractivity contribution in [2.24, 2.45) is 5.73 Å². The normalized spacial score (nSPS) is 14.2. The second kappa shape index (κ2) is 5.10. The molecule has 100 valence electrons. The maximum absolute atomic E-state index is 13.2. The molecule has 2 N–H and O–H groups in total. The topological polar surface area (TPSA) is 26.0 Å². The van der Waals surface area contributed by atoms with Gasteiger partial charge >= 0.3 is 0 Å². The maximum Gasteiger partial charge on any atom is 0.126 e. The molecule has 0 saturated carbocycles. The highest BCUT2D eigenvalue weighted by Crippen LogP contribution is 2.24. The minimum absolute atomic E-state index is 0.380. The van der Waals surface area contributed by atoms with Crippen molar-refractivity contribution in [3.63, 3.8) is 0 Å². The molecule has 0 spiro atoms. The van der Waals surface area contributed by atoms with Gasteiger partial charge in [-0.25, -0.2) is 8.78 Å². The van der Waals surface area contributed by atoms with E-state index in [1.54, 1.807) is 0 Å². The van der Waals surface area contributed by atoms with Crippen LogP contribution >= 0.6 is 0 Å². The Morgan fingerprint density at radius 3 is 2.26 bits per heavy atom. The van der Waals surface area contributed by atoms with Gasteiger partial charge in [0.2, 0.25) is 0 Å². The molecule has 0 aliphatic carbocycles. The molecule has 0 aliphatic rings. The van der Waals surface area contributed by atoms with Gasteiger partial charge in [-0.3, -0.25) is 0 Å². The van der Waals surface area contributed by atoms with E-state index in [-0.39, 0.29) is 0 Å². The van der Waals surface area contributed by atoms with Gasteiger partial charge in [-0.05, 0) is 43.5 Å². The second-order valence-corrected chi connectivity index (χ2v) is 5.24. The van der Waals surface area contributed by atoms with Crippen molar-refractivity contribution in [1.82, 2.24) is 0 Å². The van der Waals surface area contributed by atoms with Gasteiger partial charge < -0.3 is 5.73 Å². The second-order valence-electron chi connectivity index (χ2n) is 5.24. The molecule has 1 unspecified atom stereocenters. The number of halogens is 2. The Morgan fingerprint density at radius 1 is 1.05 bits per heavy atom. The molecule has 0 bridgehead atoms. The van der Waals surface area contributed by atoms with Crippen LogP contribution in [-0.4, -0.2) is 0 Å². The lowest BCUT2D eigenvalue weighted by Gasteiger charge is -2.26. The Balaban J connectivity index is 2.30. The van der Waals surface area contributed by atoms with Gasteiger partial charge in [-0.15, -0.1) is 0 Å². The number of aryl methyl sites for hydroxylation is 1. The summed E-state index contributed by atoms with van der Waals surface area (Å²) in [5.41, 5.74) is 8.26. The molecule has 0 heterocycles. The lowest BCUT2D eigenvalue weighted by molar-refractivity contribution is 0.486. The Labute approximate surface area is 112 Å². The molecule has 0 fully saturated rings. The molecule has 0 aromatic heterocycles. The smallest absolute Gasteiger partial charge is 0.126 e. The molecular formula is C16H17F2N. The predicted octanol–water partition coefficient (Wildman–Crippen LogP) is 3.69.